The summed E-state index contributed by atoms with van der Waals surface area (Å²) in [6.07, 6.45) is 4.13. The maximum Gasteiger partial charge on any atom is 0.0249 e. The number of hydrogen-bond donors (Lipinski definition) is 1. The molecule has 0 bridgehead atoms. The molecule has 0 amide bonds. The van der Waals surface area contributed by atoms with E-state index in [2.05, 4.69) is 51.9 Å². The molecular weight excluding hydrogens is 208 g/mol. The van der Waals surface area contributed by atoms with Gasteiger partial charge in [0.2, 0.25) is 0 Å². The summed E-state index contributed by atoms with van der Waals surface area (Å²) in [5.74, 6) is 0.894. The minimum absolute atomic E-state index is 0.238. The molecule has 2 nitrogen and oxygen atoms in total. The van der Waals surface area contributed by atoms with Gasteiger partial charge in [0.15, 0.2) is 0 Å². The zero-order valence-electron chi connectivity index (χ0n) is 12.8. The molecule has 0 radical (unpaired) electrons. The summed E-state index contributed by atoms with van der Waals surface area (Å²) in [4.78, 5) is 2.64. The minimum atomic E-state index is 0.238. The van der Waals surface area contributed by atoms with Gasteiger partial charge in [-0.05, 0) is 64.6 Å². The van der Waals surface area contributed by atoms with Gasteiger partial charge in [0, 0.05) is 12.1 Å². The van der Waals surface area contributed by atoms with Crippen LogP contribution in [0.2, 0.25) is 0 Å². The van der Waals surface area contributed by atoms with Crippen LogP contribution in [0.25, 0.3) is 0 Å². The van der Waals surface area contributed by atoms with Gasteiger partial charge >= 0.3 is 0 Å². The first-order valence-corrected chi connectivity index (χ1v) is 7.16. The van der Waals surface area contributed by atoms with Crippen molar-refractivity contribution in [2.75, 3.05) is 26.7 Å². The monoisotopic (exact) mass is 240 g/mol. The lowest BCUT2D eigenvalue weighted by Gasteiger charge is -2.32. The van der Waals surface area contributed by atoms with Gasteiger partial charge in [-0.2, -0.15) is 0 Å². The van der Waals surface area contributed by atoms with Gasteiger partial charge in [0.1, 0.15) is 0 Å². The van der Waals surface area contributed by atoms with Crippen molar-refractivity contribution in [3.63, 3.8) is 0 Å². The Balaban J connectivity index is 2.48. The molecule has 102 valence electrons. The van der Waals surface area contributed by atoms with Crippen LogP contribution in [-0.2, 0) is 0 Å². The highest BCUT2D eigenvalue weighted by atomic mass is 15.2. The van der Waals surface area contributed by atoms with Crippen molar-refractivity contribution >= 4 is 0 Å². The van der Waals surface area contributed by atoms with Crippen molar-refractivity contribution in [2.24, 2.45) is 11.3 Å². The van der Waals surface area contributed by atoms with Crippen molar-refractivity contribution < 1.29 is 0 Å². The molecule has 1 N–H and O–H groups in total. The smallest absolute Gasteiger partial charge is 0.0249 e. The third kappa shape index (κ3) is 4.97. The maximum absolute atomic E-state index is 3.41. The van der Waals surface area contributed by atoms with Gasteiger partial charge in [-0.3, -0.25) is 0 Å². The summed E-state index contributed by atoms with van der Waals surface area (Å²) in [5, 5.41) is 3.41. The number of likely N-dealkylation sites (tertiary alicyclic amines) is 1. The first kappa shape index (κ1) is 15.0. The van der Waals surface area contributed by atoms with Crippen LogP contribution in [-0.4, -0.2) is 37.1 Å². The molecule has 17 heavy (non-hydrogen) atoms. The predicted octanol–water partition coefficient (Wildman–Crippen LogP) is 3.13. The lowest BCUT2D eigenvalue weighted by molar-refractivity contribution is 0.190. The average molecular weight is 240 g/mol. The molecule has 1 unspecified atom stereocenters. The third-order valence-corrected chi connectivity index (χ3v) is 4.34. The Morgan fingerprint density at radius 1 is 1.06 bits per heavy atom. The van der Waals surface area contributed by atoms with Gasteiger partial charge < -0.3 is 10.2 Å². The number of hydrogen-bond acceptors (Lipinski definition) is 2. The maximum atomic E-state index is 3.41. The highest BCUT2D eigenvalue weighted by Gasteiger charge is 2.28. The van der Waals surface area contributed by atoms with Crippen molar-refractivity contribution in [3.8, 4) is 0 Å². The summed E-state index contributed by atoms with van der Waals surface area (Å²) in [6, 6.07) is 0. The van der Waals surface area contributed by atoms with E-state index in [1.807, 2.05) is 0 Å². The van der Waals surface area contributed by atoms with E-state index in [1.165, 1.54) is 38.9 Å². The highest BCUT2D eigenvalue weighted by Crippen LogP contribution is 2.34. The van der Waals surface area contributed by atoms with Crippen LogP contribution < -0.4 is 5.32 Å². The fourth-order valence-electron chi connectivity index (χ4n) is 2.82. The first-order chi connectivity index (χ1) is 7.74. The first-order valence-electron chi connectivity index (χ1n) is 7.16. The Morgan fingerprint density at radius 3 is 2.24 bits per heavy atom. The predicted molar refractivity (Wildman–Crippen MR) is 76.4 cm³/mol. The molecule has 1 heterocycles. The van der Waals surface area contributed by atoms with Gasteiger partial charge in [-0.25, -0.2) is 0 Å². The van der Waals surface area contributed by atoms with E-state index < -0.39 is 0 Å². The van der Waals surface area contributed by atoms with E-state index in [4.69, 9.17) is 0 Å². The van der Waals surface area contributed by atoms with Crippen LogP contribution in [0.1, 0.15) is 53.9 Å². The van der Waals surface area contributed by atoms with Crippen LogP contribution in [0.3, 0.4) is 0 Å². The largest absolute Gasteiger partial charge is 0.314 e. The summed E-state index contributed by atoms with van der Waals surface area (Å²) < 4.78 is 0. The summed E-state index contributed by atoms with van der Waals surface area (Å²) in [6.45, 7) is 15.5. The van der Waals surface area contributed by atoms with Gasteiger partial charge in [0.05, 0.1) is 0 Å². The normalized spacial score (nSPS) is 24.7. The second-order valence-electron chi connectivity index (χ2n) is 7.40. The minimum Gasteiger partial charge on any atom is -0.314 e. The summed E-state index contributed by atoms with van der Waals surface area (Å²) >= 11 is 0. The summed E-state index contributed by atoms with van der Waals surface area (Å²) in [7, 11) is 2.07. The molecule has 1 saturated heterocycles. The molecule has 1 aliphatic rings. The van der Waals surface area contributed by atoms with E-state index in [0.29, 0.717) is 5.41 Å². The van der Waals surface area contributed by atoms with Crippen LogP contribution in [0, 0.1) is 11.3 Å². The van der Waals surface area contributed by atoms with E-state index in [-0.39, 0.29) is 5.54 Å². The van der Waals surface area contributed by atoms with E-state index in [0.717, 1.165) is 5.92 Å². The SMILES string of the molecule is CNC(C)(C)CN1CCCC(C(C)(C)C)CC1. The number of nitrogens with zero attached hydrogens (tertiary/aromatic N) is 1. The summed E-state index contributed by atoms with van der Waals surface area (Å²) in [5.41, 5.74) is 0.718. The Morgan fingerprint density at radius 2 is 1.71 bits per heavy atom. The van der Waals surface area contributed by atoms with Crippen LogP contribution in [0.4, 0.5) is 0 Å². The molecule has 0 aliphatic carbocycles. The van der Waals surface area contributed by atoms with E-state index in [9.17, 15) is 0 Å². The van der Waals surface area contributed by atoms with Crippen molar-refractivity contribution in [1.82, 2.24) is 10.2 Å². The Hall–Kier alpha value is -0.0800. The average Bonchev–Trinajstić information content (AvgIpc) is 2.42. The number of nitrogens with one attached hydrogen (secondary N) is 1. The number of rotatable bonds is 3. The molecule has 1 rings (SSSR count). The number of likely N-dealkylation sites (N-methyl/N-ethyl adjacent to an activating group) is 1. The zero-order chi connectivity index (χ0) is 13.1. The van der Waals surface area contributed by atoms with Gasteiger partial charge in [-0.1, -0.05) is 20.8 Å². The second-order valence-corrected chi connectivity index (χ2v) is 7.40. The van der Waals surface area contributed by atoms with Crippen molar-refractivity contribution in [1.29, 1.82) is 0 Å². The van der Waals surface area contributed by atoms with Crippen molar-refractivity contribution in [2.45, 2.75) is 59.4 Å². The lowest BCUT2D eigenvalue weighted by Crippen LogP contribution is -2.47. The molecule has 0 aromatic carbocycles. The fraction of sp³-hybridized carbons (Fsp3) is 1.00. The highest BCUT2D eigenvalue weighted by molar-refractivity contribution is 4.84. The Kier molecular flexibility index (Phi) is 5.03. The molecule has 0 aromatic rings. The van der Waals surface area contributed by atoms with Crippen LogP contribution >= 0.6 is 0 Å². The molecule has 1 atom stereocenters. The molecule has 0 aromatic heterocycles. The molecule has 1 fully saturated rings. The topological polar surface area (TPSA) is 15.3 Å². The Bertz CT molecular complexity index is 228. The van der Waals surface area contributed by atoms with Gasteiger partial charge in [0.25, 0.3) is 0 Å². The lowest BCUT2D eigenvalue weighted by atomic mass is 9.77. The molecule has 0 saturated carbocycles. The molecule has 1 aliphatic heterocycles. The van der Waals surface area contributed by atoms with Gasteiger partial charge in [-0.15, -0.1) is 0 Å². The third-order valence-electron chi connectivity index (χ3n) is 4.34. The second kappa shape index (κ2) is 5.71. The molecule has 2 heteroatoms. The van der Waals surface area contributed by atoms with Crippen LogP contribution in [0.15, 0.2) is 0 Å². The van der Waals surface area contributed by atoms with Crippen molar-refractivity contribution in [3.05, 3.63) is 0 Å². The zero-order valence-corrected chi connectivity index (χ0v) is 12.8. The Labute approximate surface area is 108 Å². The van der Waals surface area contributed by atoms with E-state index >= 15 is 0 Å². The fourth-order valence-corrected chi connectivity index (χ4v) is 2.82. The molecular formula is C15H32N2. The van der Waals surface area contributed by atoms with E-state index in [1.54, 1.807) is 0 Å². The quantitative estimate of drug-likeness (QED) is 0.815. The van der Waals surface area contributed by atoms with Crippen LogP contribution in [0.5, 0.6) is 0 Å². The molecule has 0 spiro atoms. The standard InChI is InChI=1S/C15H32N2/c1-14(2,3)13-8-7-10-17(11-9-13)12-15(4,5)16-6/h13,16H,7-12H2,1-6H3.